The number of nitriles is 1. The molecule has 0 bridgehead atoms. The van der Waals surface area contributed by atoms with E-state index in [0.717, 1.165) is 44.7 Å². The molecule has 22 heavy (non-hydrogen) atoms. The fourth-order valence-corrected chi connectivity index (χ4v) is 2.75. The number of hydrogen-bond donors (Lipinski definition) is 2. The third-order valence-corrected chi connectivity index (χ3v) is 4.31. The van der Waals surface area contributed by atoms with E-state index in [1.807, 2.05) is 12.1 Å². The molecule has 5 heteroatoms. The largest absolute Gasteiger partial charge is 0.396 e. The fraction of sp³-hybridized carbons (Fsp3) is 0.647. The van der Waals surface area contributed by atoms with Gasteiger partial charge in [-0.25, -0.2) is 4.98 Å². The molecule has 1 fully saturated rings. The van der Waals surface area contributed by atoms with Crippen molar-refractivity contribution >= 4 is 5.82 Å². The highest BCUT2D eigenvalue weighted by molar-refractivity contribution is 5.52. The molecule has 0 amide bonds. The molecule has 1 aromatic rings. The second-order valence-electron chi connectivity index (χ2n) is 6.29. The van der Waals surface area contributed by atoms with Gasteiger partial charge in [-0.1, -0.05) is 13.8 Å². The third-order valence-electron chi connectivity index (χ3n) is 4.31. The Bertz CT molecular complexity index is 516. The van der Waals surface area contributed by atoms with E-state index in [4.69, 9.17) is 5.11 Å². The van der Waals surface area contributed by atoms with Crippen LogP contribution in [0.25, 0.3) is 0 Å². The van der Waals surface area contributed by atoms with Crippen LogP contribution in [-0.4, -0.2) is 47.8 Å². The van der Waals surface area contributed by atoms with Gasteiger partial charge in [-0.2, -0.15) is 5.26 Å². The zero-order valence-corrected chi connectivity index (χ0v) is 13.5. The Balaban J connectivity index is 1.86. The summed E-state index contributed by atoms with van der Waals surface area (Å²) in [6.07, 6.45) is 2.14. The molecular weight excluding hydrogens is 276 g/mol. The molecule has 2 N–H and O–H groups in total. The van der Waals surface area contributed by atoms with E-state index >= 15 is 0 Å². The number of aliphatic hydroxyl groups is 1. The maximum atomic E-state index is 9.19. The molecule has 1 saturated heterocycles. The number of anilines is 1. The summed E-state index contributed by atoms with van der Waals surface area (Å²) in [7, 11) is 0. The Hall–Kier alpha value is -1.64. The van der Waals surface area contributed by atoms with Crippen LogP contribution in [-0.2, 0) is 0 Å². The zero-order chi connectivity index (χ0) is 15.9. The first kappa shape index (κ1) is 16.7. The molecule has 0 atom stereocenters. The lowest BCUT2D eigenvalue weighted by atomic mass is 9.98. The van der Waals surface area contributed by atoms with Gasteiger partial charge in [0.05, 0.1) is 5.56 Å². The standard InChI is InChI=1S/C17H26N4O/c1-13(2)16-4-3-15(11-18)17(20-16)19-7-10-21-8-5-14(12-22)6-9-21/h3-4,13-14,22H,5-10,12H2,1-2H3,(H,19,20). The van der Waals surface area contributed by atoms with Gasteiger partial charge in [0.1, 0.15) is 11.9 Å². The maximum absolute atomic E-state index is 9.19. The molecule has 1 aliphatic heterocycles. The summed E-state index contributed by atoms with van der Waals surface area (Å²) in [5, 5.41) is 21.7. The van der Waals surface area contributed by atoms with Crippen LogP contribution in [0.1, 0.15) is 43.9 Å². The van der Waals surface area contributed by atoms with Gasteiger partial charge in [0.15, 0.2) is 0 Å². The van der Waals surface area contributed by atoms with Crippen molar-refractivity contribution in [2.45, 2.75) is 32.6 Å². The lowest BCUT2D eigenvalue weighted by molar-refractivity contribution is 0.134. The van der Waals surface area contributed by atoms with Crippen LogP contribution in [0.15, 0.2) is 12.1 Å². The predicted molar refractivity (Wildman–Crippen MR) is 87.8 cm³/mol. The van der Waals surface area contributed by atoms with Crippen LogP contribution in [0.3, 0.4) is 0 Å². The number of hydrogen-bond acceptors (Lipinski definition) is 5. The van der Waals surface area contributed by atoms with Crippen LogP contribution < -0.4 is 5.32 Å². The maximum Gasteiger partial charge on any atom is 0.144 e. The molecule has 1 aliphatic rings. The summed E-state index contributed by atoms with van der Waals surface area (Å²) in [6, 6.07) is 5.97. The highest BCUT2D eigenvalue weighted by Gasteiger charge is 2.18. The van der Waals surface area contributed by atoms with Crippen LogP contribution >= 0.6 is 0 Å². The van der Waals surface area contributed by atoms with Crippen molar-refractivity contribution in [3.63, 3.8) is 0 Å². The molecule has 120 valence electrons. The molecule has 0 aliphatic carbocycles. The van der Waals surface area contributed by atoms with Crippen molar-refractivity contribution < 1.29 is 5.11 Å². The van der Waals surface area contributed by atoms with Gasteiger partial charge in [-0.3, -0.25) is 0 Å². The lowest BCUT2D eigenvalue weighted by Gasteiger charge is -2.31. The van der Waals surface area contributed by atoms with E-state index in [2.05, 4.69) is 35.1 Å². The Morgan fingerprint density at radius 2 is 2.14 bits per heavy atom. The number of piperidine rings is 1. The lowest BCUT2D eigenvalue weighted by Crippen LogP contribution is -2.37. The van der Waals surface area contributed by atoms with Crippen LogP contribution in [0.5, 0.6) is 0 Å². The number of rotatable bonds is 6. The topological polar surface area (TPSA) is 72.2 Å². The van der Waals surface area contributed by atoms with Gasteiger partial charge in [-0.05, 0) is 49.9 Å². The van der Waals surface area contributed by atoms with Crippen molar-refractivity contribution in [2.24, 2.45) is 5.92 Å². The minimum Gasteiger partial charge on any atom is -0.396 e. The highest BCUT2D eigenvalue weighted by Crippen LogP contribution is 2.19. The van der Waals surface area contributed by atoms with Gasteiger partial charge >= 0.3 is 0 Å². The van der Waals surface area contributed by atoms with Crippen molar-refractivity contribution in [2.75, 3.05) is 38.1 Å². The Morgan fingerprint density at radius 3 is 2.73 bits per heavy atom. The normalized spacial score (nSPS) is 16.7. The van der Waals surface area contributed by atoms with E-state index in [0.29, 0.717) is 29.8 Å². The predicted octanol–water partition coefficient (Wildman–Crippen LogP) is 2.19. The highest BCUT2D eigenvalue weighted by atomic mass is 16.3. The van der Waals surface area contributed by atoms with Gasteiger partial charge in [-0.15, -0.1) is 0 Å². The Morgan fingerprint density at radius 1 is 1.41 bits per heavy atom. The molecule has 0 spiro atoms. The van der Waals surface area contributed by atoms with Crippen molar-refractivity contribution in [1.82, 2.24) is 9.88 Å². The number of nitrogens with one attached hydrogen (secondary N) is 1. The van der Waals surface area contributed by atoms with E-state index < -0.39 is 0 Å². The number of pyridine rings is 1. The minimum absolute atomic E-state index is 0.309. The molecule has 0 saturated carbocycles. The average Bonchev–Trinajstić information content (AvgIpc) is 2.55. The fourth-order valence-electron chi connectivity index (χ4n) is 2.75. The average molecular weight is 302 g/mol. The van der Waals surface area contributed by atoms with Gasteiger partial charge < -0.3 is 15.3 Å². The van der Waals surface area contributed by atoms with Gasteiger partial charge in [0.25, 0.3) is 0 Å². The van der Waals surface area contributed by atoms with Gasteiger partial charge in [0, 0.05) is 25.4 Å². The molecule has 1 aromatic heterocycles. The van der Waals surface area contributed by atoms with Crippen molar-refractivity contribution in [3.05, 3.63) is 23.4 Å². The molecule has 0 aromatic carbocycles. The van der Waals surface area contributed by atoms with E-state index in [1.54, 1.807) is 0 Å². The smallest absolute Gasteiger partial charge is 0.144 e. The summed E-state index contributed by atoms with van der Waals surface area (Å²) in [6.45, 7) is 8.31. The quantitative estimate of drug-likeness (QED) is 0.843. The molecule has 2 heterocycles. The monoisotopic (exact) mass is 302 g/mol. The van der Waals surface area contributed by atoms with E-state index in [1.165, 1.54) is 0 Å². The first-order valence-electron chi connectivity index (χ1n) is 8.12. The summed E-state index contributed by atoms with van der Waals surface area (Å²) in [5.74, 6) is 1.52. The number of aromatic nitrogens is 1. The first-order chi connectivity index (χ1) is 10.6. The van der Waals surface area contributed by atoms with E-state index in [-0.39, 0.29) is 0 Å². The summed E-state index contributed by atoms with van der Waals surface area (Å²) < 4.78 is 0. The van der Waals surface area contributed by atoms with Gasteiger partial charge in [0.2, 0.25) is 0 Å². The summed E-state index contributed by atoms with van der Waals surface area (Å²) in [4.78, 5) is 6.97. The Kier molecular flexibility index (Phi) is 6.17. The number of nitrogens with zero attached hydrogens (tertiary/aromatic N) is 3. The second-order valence-corrected chi connectivity index (χ2v) is 6.29. The third kappa shape index (κ3) is 4.43. The molecule has 0 unspecified atom stereocenters. The molecule has 5 nitrogen and oxygen atoms in total. The number of aliphatic hydroxyl groups excluding tert-OH is 1. The second kappa shape index (κ2) is 8.11. The van der Waals surface area contributed by atoms with Crippen molar-refractivity contribution in [1.29, 1.82) is 5.26 Å². The number of likely N-dealkylation sites (tertiary alicyclic amines) is 1. The van der Waals surface area contributed by atoms with Crippen molar-refractivity contribution in [3.8, 4) is 6.07 Å². The summed E-state index contributed by atoms with van der Waals surface area (Å²) >= 11 is 0. The first-order valence-corrected chi connectivity index (χ1v) is 8.12. The van der Waals surface area contributed by atoms with Crippen LogP contribution in [0, 0.1) is 17.2 Å². The van der Waals surface area contributed by atoms with Crippen LogP contribution in [0.2, 0.25) is 0 Å². The SMILES string of the molecule is CC(C)c1ccc(C#N)c(NCCN2CCC(CO)CC2)n1. The zero-order valence-electron chi connectivity index (χ0n) is 13.5. The minimum atomic E-state index is 0.309. The summed E-state index contributed by atoms with van der Waals surface area (Å²) in [5.41, 5.74) is 1.61. The Labute approximate surface area is 133 Å². The molecule has 0 radical (unpaired) electrons. The van der Waals surface area contributed by atoms with E-state index in [9.17, 15) is 5.26 Å². The van der Waals surface area contributed by atoms with Crippen LogP contribution in [0.4, 0.5) is 5.82 Å². The molecule has 2 rings (SSSR count). The molecular formula is C17H26N4O.